The van der Waals surface area contributed by atoms with Gasteiger partial charge in [-0.3, -0.25) is 9.59 Å². The third-order valence-electron chi connectivity index (χ3n) is 5.26. The van der Waals surface area contributed by atoms with E-state index >= 15 is 0 Å². The first-order valence-corrected chi connectivity index (χ1v) is 9.49. The number of unbranched alkanes of at least 4 members (excludes halogenated alkanes) is 1. The Labute approximate surface area is 167 Å². The summed E-state index contributed by atoms with van der Waals surface area (Å²) in [4.78, 5) is 34.8. The van der Waals surface area contributed by atoms with Crippen LogP contribution in [-0.2, 0) is 23.9 Å². The zero-order chi connectivity index (χ0) is 21.5. The number of esters is 2. The van der Waals surface area contributed by atoms with E-state index < -0.39 is 17.0 Å². The van der Waals surface area contributed by atoms with E-state index in [0.29, 0.717) is 42.6 Å². The van der Waals surface area contributed by atoms with Gasteiger partial charge in [0.25, 0.3) is 0 Å². The molecular weight excluding hydrogens is 360 g/mol. The predicted molar refractivity (Wildman–Crippen MR) is 106 cm³/mol. The Morgan fingerprint density at radius 2 is 1.86 bits per heavy atom. The van der Waals surface area contributed by atoms with E-state index in [9.17, 15) is 19.5 Å². The normalized spacial score (nSPS) is 22.5. The number of ketones is 1. The molecule has 1 rings (SSSR count). The lowest BCUT2D eigenvalue weighted by Gasteiger charge is -2.46. The molecule has 0 saturated heterocycles. The minimum absolute atomic E-state index is 0.0369. The van der Waals surface area contributed by atoms with Gasteiger partial charge in [-0.05, 0) is 55.9 Å². The molecule has 28 heavy (non-hydrogen) atoms. The average Bonchev–Trinajstić information content (AvgIpc) is 2.60. The molecule has 0 heterocycles. The number of hydrogen-bond acceptors (Lipinski definition) is 6. The smallest absolute Gasteiger partial charge is 0.330 e. The molecule has 0 aromatic carbocycles. The third-order valence-corrected chi connectivity index (χ3v) is 5.26. The fourth-order valence-corrected chi connectivity index (χ4v) is 3.43. The Morgan fingerprint density at radius 3 is 2.43 bits per heavy atom. The lowest BCUT2D eigenvalue weighted by Crippen LogP contribution is -2.49. The van der Waals surface area contributed by atoms with Gasteiger partial charge in [0.2, 0.25) is 0 Å². The largest absolute Gasteiger partial charge is 0.466 e. The van der Waals surface area contributed by atoms with Gasteiger partial charge < -0.3 is 14.6 Å². The van der Waals surface area contributed by atoms with Crippen molar-refractivity contribution < 1.29 is 29.0 Å². The van der Waals surface area contributed by atoms with Crippen LogP contribution in [0.2, 0.25) is 0 Å². The number of aliphatic hydroxyl groups is 1. The van der Waals surface area contributed by atoms with Gasteiger partial charge >= 0.3 is 11.9 Å². The number of methoxy groups -OCH3 is 1. The van der Waals surface area contributed by atoms with Crippen molar-refractivity contribution in [2.75, 3.05) is 13.7 Å². The van der Waals surface area contributed by atoms with Crippen LogP contribution in [0.25, 0.3) is 0 Å². The maximum absolute atomic E-state index is 12.7. The Balaban J connectivity index is 3.07. The summed E-state index contributed by atoms with van der Waals surface area (Å²) in [7, 11) is 1.31. The summed E-state index contributed by atoms with van der Waals surface area (Å²) >= 11 is 0. The van der Waals surface area contributed by atoms with E-state index in [0.717, 1.165) is 0 Å². The third kappa shape index (κ3) is 5.89. The second kappa shape index (κ2) is 9.82. The van der Waals surface area contributed by atoms with Crippen LogP contribution in [0, 0.1) is 5.41 Å². The quantitative estimate of drug-likeness (QED) is 0.295. The van der Waals surface area contributed by atoms with Crippen LogP contribution in [0.4, 0.5) is 0 Å². The molecule has 1 aliphatic carbocycles. The number of ether oxygens (including phenoxy) is 2. The van der Waals surface area contributed by atoms with Crippen molar-refractivity contribution in [3.63, 3.8) is 0 Å². The highest BCUT2D eigenvalue weighted by molar-refractivity contribution is 5.98. The Hall–Kier alpha value is -2.21. The average molecular weight is 392 g/mol. The van der Waals surface area contributed by atoms with Crippen molar-refractivity contribution in [2.24, 2.45) is 5.41 Å². The van der Waals surface area contributed by atoms with E-state index in [-0.39, 0.29) is 18.2 Å². The van der Waals surface area contributed by atoms with Gasteiger partial charge in [-0.2, -0.15) is 0 Å². The summed E-state index contributed by atoms with van der Waals surface area (Å²) in [5, 5.41) is 11.5. The van der Waals surface area contributed by atoms with Crippen LogP contribution < -0.4 is 0 Å². The second-order valence-electron chi connectivity index (χ2n) is 7.90. The van der Waals surface area contributed by atoms with Gasteiger partial charge in [0.05, 0.1) is 13.7 Å². The second-order valence-corrected chi connectivity index (χ2v) is 7.90. The van der Waals surface area contributed by atoms with Crippen molar-refractivity contribution in [1.29, 1.82) is 0 Å². The molecule has 156 valence electrons. The fraction of sp³-hybridized carbons (Fsp3) is 0.591. The molecule has 0 unspecified atom stereocenters. The van der Waals surface area contributed by atoms with Gasteiger partial charge in [-0.25, -0.2) is 4.79 Å². The van der Waals surface area contributed by atoms with E-state index in [1.165, 1.54) is 20.1 Å². The van der Waals surface area contributed by atoms with E-state index in [1.807, 2.05) is 13.8 Å². The zero-order valence-electron chi connectivity index (χ0n) is 17.8. The van der Waals surface area contributed by atoms with E-state index in [4.69, 9.17) is 4.74 Å². The summed E-state index contributed by atoms with van der Waals surface area (Å²) in [6, 6.07) is 0. The van der Waals surface area contributed by atoms with E-state index in [1.54, 1.807) is 26.0 Å². The monoisotopic (exact) mass is 392 g/mol. The molecule has 0 amide bonds. The van der Waals surface area contributed by atoms with Gasteiger partial charge in [0, 0.05) is 24.8 Å². The van der Waals surface area contributed by atoms with Crippen LogP contribution in [0.15, 0.2) is 34.9 Å². The van der Waals surface area contributed by atoms with Crippen LogP contribution in [0.5, 0.6) is 0 Å². The first kappa shape index (κ1) is 23.8. The molecule has 0 spiro atoms. The molecule has 0 saturated carbocycles. The topological polar surface area (TPSA) is 89.9 Å². The SMILES string of the molecule is COC(=O)C=C(C)C=C[C@@]1(O)C(C)=C(CCCCOC(C)=O)C(=O)CC1(C)C. The number of hydrogen-bond donors (Lipinski definition) is 1. The highest BCUT2D eigenvalue weighted by Gasteiger charge is 2.49. The Bertz CT molecular complexity index is 711. The molecule has 1 aliphatic rings. The standard InChI is InChI=1S/C22H32O6/c1-15(13-20(25)27-6)10-11-22(26)16(2)18(19(24)14-21(22,4)5)9-7-8-12-28-17(3)23/h10-11,13,26H,7-9,12,14H2,1-6H3/t22-/m1/s1. The fourth-order valence-electron chi connectivity index (χ4n) is 3.43. The van der Waals surface area contributed by atoms with Crippen molar-refractivity contribution in [3.8, 4) is 0 Å². The molecule has 0 aromatic heterocycles. The minimum Gasteiger partial charge on any atom is -0.466 e. The summed E-state index contributed by atoms with van der Waals surface area (Å²) in [6.07, 6.45) is 6.77. The molecule has 0 aromatic rings. The summed E-state index contributed by atoms with van der Waals surface area (Å²) < 4.78 is 9.53. The van der Waals surface area contributed by atoms with Crippen LogP contribution in [0.1, 0.15) is 60.3 Å². The molecule has 6 heteroatoms. The Morgan fingerprint density at radius 1 is 1.21 bits per heavy atom. The van der Waals surface area contributed by atoms with E-state index in [2.05, 4.69) is 4.74 Å². The molecular formula is C22H32O6. The van der Waals surface area contributed by atoms with Crippen molar-refractivity contribution in [2.45, 2.75) is 65.9 Å². The number of carbonyl (C=O) groups is 3. The lowest BCUT2D eigenvalue weighted by atomic mass is 9.62. The number of rotatable bonds is 8. The molecule has 6 nitrogen and oxygen atoms in total. The van der Waals surface area contributed by atoms with Gasteiger partial charge in [0.15, 0.2) is 5.78 Å². The first-order valence-electron chi connectivity index (χ1n) is 9.49. The lowest BCUT2D eigenvalue weighted by molar-refractivity contribution is -0.141. The highest BCUT2D eigenvalue weighted by Crippen LogP contribution is 2.47. The first-order chi connectivity index (χ1) is 12.9. The molecule has 1 N–H and O–H groups in total. The van der Waals surface area contributed by atoms with Gasteiger partial charge in [-0.15, -0.1) is 0 Å². The summed E-state index contributed by atoms with van der Waals surface area (Å²) in [5.74, 6) is -0.747. The van der Waals surface area contributed by atoms with Crippen molar-refractivity contribution in [3.05, 3.63) is 34.9 Å². The molecule has 0 aliphatic heterocycles. The highest BCUT2D eigenvalue weighted by atomic mass is 16.5. The maximum atomic E-state index is 12.7. The zero-order valence-corrected chi connectivity index (χ0v) is 17.8. The summed E-state index contributed by atoms with van der Waals surface area (Å²) in [5.41, 5.74) is -0.0922. The van der Waals surface area contributed by atoms with Gasteiger partial charge in [0.1, 0.15) is 5.60 Å². The maximum Gasteiger partial charge on any atom is 0.330 e. The van der Waals surface area contributed by atoms with Crippen molar-refractivity contribution >= 4 is 17.7 Å². The minimum atomic E-state index is -1.31. The van der Waals surface area contributed by atoms with Crippen LogP contribution in [-0.4, -0.2) is 42.1 Å². The van der Waals surface area contributed by atoms with Crippen LogP contribution in [0.3, 0.4) is 0 Å². The number of carbonyl (C=O) groups excluding carboxylic acids is 3. The Kier molecular flexibility index (Phi) is 8.36. The predicted octanol–water partition coefficient (Wildman–Crippen LogP) is 3.44. The number of allylic oxidation sites excluding steroid dienone is 3. The molecule has 1 atom stereocenters. The van der Waals surface area contributed by atoms with Crippen LogP contribution >= 0.6 is 0 Å². The van der Waals surface area contributed by atoms with Crippen molar-refractivity contribution in [1.82, 2.24) is 0 Å². The summed E-state index contributed by atoms with van der Waals surface area (Å²) in [6.45, 7) is 8.92. The molecule has 0 bridgehead atoms. The number of Topliss-reactive ketones (excluding diaryl/α,β-unsaturated/α-hetero) is 1. The molecule has 0 radical (unpaired) electrons. The van der Waals surface area contributed by atoms with Gasteiger partial charge in [-0.1, -0.05) is 19.9 Å². The molecule has 0 fully saturated rings.